The largest absolute Gasteiger partial charge is 0.374 e. The molecule has 0 aromatic carbocycles. The van der Waals surface area contributed by atoms with Crippen molar-refractivity contribution >= 4 is 0 Å². The molecule has 0 bridgehead atoms. The lowest BCUT2D eigenvalue weighted by atomic mass is 10.0. The SMILES string of the molecule is c1cncc(CO[C@H]2CN(Cc3ccncc3)[C@@H]3CCCO[C@H]23)c1. The molecule has 2 aliphatic heterocycles. The van der Waals surface area contributed by atoms with Crippen LogP contribution in [-0.4, -0.2) is 46.3 Å². The van der Waals surface area contributed by atoms with Crippen molar-refractivity contribution in [2.75, 3.05) is 13.2 Å². The molecule has 4 rings (SSSR count). The van der Waals surface area contributed by atoms with E-state index in [0.29, 0.717) is 12.6 Å². The fourth-order valence-corrected chi connectivity index (χ4v) is 3.74. The summed E-state index contributed by atoms with van der Waals surface area (Å²) in [4.78, 5) is 10.8. The molecule has 0 unspecified atom stereocenters. The average molecular weight is 325 g/mol. The minimum Gasteiger partial charge on any atom is -0.374 e. The maximum absolute atomic E-state index is 6.21. The van der Waals surface area contributed by atoms with Crippen molar-refractivity contribution in [2.24, 2.45) is 0 Å². The predicted molar refractivity (Wildman–Crippen MR) is 90.2 cm³/mol. The quantitative estimate of drug-likeness (QED) is 0.845. The highest BCUT2D eigenvalue weighted by atomic mass is 16.5. The molecule has 2 fully saturated rings. The van der Waals surface area contributed by atoms with Gasteiger partial charge in [0, 0.05) is 50.5 Å². The van der Waals surface area contributed by atoms with E-state index in [1.54, 1.807) is 6.20 Å². The molecule has 126 valence electrons. The third kappa shape index (κ3) is 3.48. The van der Waals surface area contributed by atoms with Crippen LogP contribution < -0.4 is 0 Å². The van der Waals surface area contributed by atoms with Gasteiger partial charge in [0.15, 0.2) is 0 Å². The zero-order valence-electron chi connectivity index (χ0n) is 13.8. The smallest absolute Gasteiger partial charge is 0.100 e. The third-order valence-electron chi connectivity index (χ3n) is 4.91. The number of pyridine rings is 2. The van der Waals surface area contributed by atoms with Gasteiger partial charge in [-0.05, 0) is 42.2 Å². The van der Waals surface area contributed by atoms with E-state index in [1.165, 1.54) is 12.0 Å². The van der Waals surface area contributed by atoms with Crippen LogP contribution in [0.5, 0.6) is 0 Å². The zero-order valence-corrected chi connectivity index (χ0v) is 13.8. The monoisotopic (exact) mass is 325 g/mol. The Morgan fingerprint density at radius 1 is 1.12 bits per heavy atom. The lowest BCUT2D eigenvalue weighted by Gasteiger charge is -2.32. The lowest BCUT2D eigenvalue weighted by molar-refractivity contribution is -0.0819. The molecule has 0 radical (unpaired) electrons. The first-order valence-electron chi connectivity index (χ1n) is 8.65. The summed E-state index contributed by atoms with van der Waals surface area (Å²) in [6.07, 6.45) is 9.98. The van der Waals surface area contributed by atoms with E-state index in [4.69, 9.17) is 9.47 Å². The van der Waals surface area contributed by atoms with Crippen LogP contribution in [0.25, 0.3) is 0 Å². The molecule has 0 amide bonds. The topological polar surface area (TPSA) is 47.5 Å². The second-order valence-electron chi connectivity index (χ2n) is 6.54. The fourth-order valence-electron chi connectivity index (χ4n) is 3.74. The zero-order chi connectivity index (χ0) is 16.2. The Labute approximate surface area is 142 Å². The first-order chi connectivity index (χ1) is 11.9. The normalized spacial score (nSPS) is 27.1. The Balaban J connectivity index is 1.43. The number of fused-ring (bicyclic) bond motifs is 1. The summed E-state index contributed by atoms with van der Waals surface area (Å²) in [6, 6.07) is 8.62. The van der Waals surface area contributed by atoms with Crippen LogP contribution in [0.2, 0.25) is 0 Å². The summed E-state index contributed by atoms with van der Waals surface area (Å²) in [5.74, 6) is 0. The maximum Gasteiger partial charge on any atom is 0.100 e. The minimum absolute atomic E-state index is 0.123. The van der Waals surface area contributed by atoms with Crippen LogP contribution in [0.1, 0.15) is 24.0 Å². The molecule has 2 aromatic rings. The molecule has 2 aromatic heterocycles. The average Bonchev–Trinajstić information content (AvgIpc) is 3.00. The van der Waals surface area contributed by atoms with Gasteiger partial charge < -0.3 is 9.47 Å². The van der Waals surface area contributed by atoms with E-state index in [0.717, 1.165) is 31.7 Å². The van der Waals surface area contributed by atoms with Gasteiger partial charge in [0.2, 0.25) is 0 Å². The van der Waals surface area contributed by atoms with Crippen LogP contribution in [0.15, 0.2) is 49.1 Å². The maximum atomic E-state index is 6.21. The second-order valence-corrected chi connectivity index (χ2v) is 6.54. The van der Waals surface area contributed by atoms with Crippen LogP contribution in [0.4, 0.5) is 0 Å². The molecule has 0 spiro atoms. The number of likely N-dealkylation sites (tertiary alicyclic amines) is 1. The summed E-state index contributed by atoms with van der Waals surface area (Å²) in [6.45, 7) is 3.28. The number of nitrogens with zero attached hydrogens (tertiary/aromatic N) is 3. The molecular weight excluding hydrogens is 302 g/mol. The summed E-state index contributed by atoms with van der Waals surface area (Å²) in [5.41, 5.74) is 2.40. The number of rotatable bonds is 5. The van der Waals surface area contributed by atoms with Gasteiger partial charge in [-0.2, -0.15) is 0 Å². The highest BCUT2D eigenvalue weighted by molar-refractivity contribution is 5.12. The standard InChI is InChI=1S/C19H23N3O2/c1-3-16(11-21-7-1)14-24-18-13-22(12-15-5-8-20-9-6-15)17-4-2-10-23-19(17)18/h1,3,5-9,11,17-19H,2,4,10,12-14H2/t17-,18+,19+/m1/s1. The van der Waals surface area contributed by atoms with E-state index in [2.05, 4.69) is 33.1 Å². The molecule has 5 heteroatoms. The molecule has 2 aliphatic rings. The van der Waals surface area contributed by atoms with Gasteiger partial charge in [0.05, 0.1) is 12.7 Å². The van der Waals surface area contributed by atoms with Crippen LogP contribution >= 0.6 is 0 Å². The molecule has 0 saturated carbocycles. The molecule has 5 nitrogen and oxygen atoms in total. The molecule has 3 atom stereocenters. The number of hydrogen-bond acceptors (Lipinski definition) is 5. The summed E-state index contributed by atoms with van der Waals surface area (Å²) in [7, 11) is 0. The molecule has 4 heterocycles. The van der Waals surface area contributed by atoms with Crippen molar-refractivity contribution in [1.82, 2.24) is 14.9 Å². The van der Waals surface area contributed by atoms with Crippen molar-refractivity contribution < 1.29 is 9.47 Å². The van der Waals surface area contributed by atoms with Gasteiger partial charge in [-0.25, -0.2) is 0 Å². The Kier molecular flexibility index (Phi) is 4.83. The summed E-state index contributed by atoms with van der Waals surface area (Å²) in [5, 5.41) is 0. The number of ether oxygens (including phenoxy) is 2. The minimum atomic E-state index is 0.123. The highest BCUT2D eigenvalue weighted by Gasteiger charge is 2.44. The molecular formula is C19H23N3O2. The van der Waals surface area contributed by atoms with E-state index in [1.807, 2.05) is 24.7 Å². The Morgan fingerprint density at radius 2 is 2.04 bits per heavy atom. The van der Waals surface area contributed by atoms with Crippen molar-refractivity contribution in [1.29, 1.82) is 0 Å². The first kappa shape index (κ1) is 15.7. The van der Waals surface area contributed by atoms with E-state index < -0.39 is 0 Å². The third-order valence-corrected chi connectivity index (χ3v) is 4.91. The van der Waals surface area contributed by atoms with Crippen molar-refractivity contribution in [2.45, 2.75) is 44.2 Å². The van der Waals surface area contributed by atoms with Crippen LogP contribution in [0.3, 0.4) is 0 Å². The van der Waals surface area contributed by atoms with Crippen molar-refractivity contribution in [3.8, 4) is 0 Å². The molecule has 0 aliphatic carbocycles. The van der Waals surface area contributed by atoms with Crippen LogP contribution in [0, 0.1) is 0 Å². The van der Waals surface area contributed by atoms with Crippen LogP contribution in [-0.2, 0) is 22.6 Å². The molecule has 2 saturated heterocycles. The summed E-state index contributed by atoms with van der Waals surface area (Å²) >= 11 is 0. The number of hydrogen-bond donors (Lipinski definition) is 0. The number of aromatic nitrogens is 2. The van der Waals surface area contributed by atoms with E-state index >= 15 is 0 Å². The predicted octanol–water partition coefficient (Wildman–Crippen LogP) is 2.43. The van der Waals surface area contributed by atoms with Crippen molar-refractivity contribution in [3.63, 3.8) is 0 Å². The Hall–Kier alpha value is -1.82. The van der Waals surface area contributed by atoms with Gasteiger partial charge in [0.25, 0.3) is 0 Å². The first-order valence-corrected chi connectivity index (χ1v) is 8.65. The fraction of sp³-hybridized carbons (Fsp3) is 0.474. The van der Waals surface area contributed by atoms with Gasteiger partial charge >= 0.3 is 0 Å². The Morgan fingerprint density at radius 3 is 2.88 bits per heavy atom. The van der Waals surface area contributed by atoms with Gasteiger partial charge in [-0.1, -0.05) is 6.07 Å². The molecule has 0 N–H and O–H groups in total. The van der Waals surface area contributed by atoms with Crippen molar-refractivity contribution in [3.05, 3.63) is 60.2 Å². The highest BCUT2D eigenvalue weighted by Crippen LogP contribution is 2.32. The summed E-state index contributed by atoms with van der Waals surface area (Å²) < 4.78 is 12.3. The van der Waals surface area contributed by atoms with Gasteiger partial charge in [-0.15, -0.1) is 0 Å². The van der Waals surface area contributed by atoms with E-state index in [-0.39, 0.29) is 12.2 Å². The van der Waals surface area contributed by atoms with E-state index in [9.17, 15) is 0 Å². The Bertz CT molecular complexity index is 638. The van der Waals surface area contributed by atoms with Gasteiger partial charge in [0.1, 0.15) is 6.10 Å². The van der Waals surface area contributed by atoms with Gasteiger partial charge in [-0.3, -0.25) is 14.9 Å². The lowest BCUT2D eigenvalue weighted by Crippen LogP contribution is -2.41. The molecule has 24 heavy (non-hydrogen) atoms. The second kappa shape index (κ2) is 7.38.